The Bertz CT molecular complexity index is 1060. The minimum atomic E-state index is -0.906. The molecule has 0 bridgehead atoms. The Balaban J connectivity index is 0.000000370. The highest BCUT2D eigenvalue weighted by atomic mass is 19.1. The Morgan fingerprint density at radius 2 is 1.73 bits per heavy atom. The summed E-state index contributed by atoms with van der Waals surface area (Å²) < 4.78 is 12.1. The molecule has 0 heterocycles. The Kier molecular flexibility index (Phi) is 19.6. The fourth-order valence-electron chi connectivity index (χ4n) is 5.16. The second-order valence-corrected chi connectivity index (χ2v) is 11.8. The molecule has 3 unspecified atom stereocenters. The molecule has 2 fully saturated rings. The predicted octanol–water partition coefficient (Wildman–Crippen LogP) is 5.22. The van der Waals surface area contributed by atoms with Crippen molar-refractivity contribution in [3.05, 3.63) is 72.1 Å². The maximum Gasteiger partial charge on any atom is 0.245 e. The van der Waals surface area contributed by atoms with Crippen LogP contribution in [0.25, 0.3) is 0 Å². The summed E-state index contributed by atoms with van der Waals surface area (Å²) in [6, 6.07) is 5.31. The first-order chi connectivity index (χ1) is 21.6. The number of benzene rings is 1. The van der Waals surface area contributed by atoms with Crippen LogP contribution >= 0.6 is 0 Å². The van der Waals surface area contributed by atoms with E-state index in [2.05, 4.69) is 36.0 Å². The average molecular weight is 629 g/mol. The zero-order valence-corrected chi connectivity index (χ0v) is 28.1. The van der Waals surface area contributed by atoms with Gasteiger partial charge >= 0.3 is 0 Å². The lowest BCUT2D eigenvalue weighted by Gasteiger charge is -2.32. The quantitative estimate of drug-likeness (QED) is 0.107. The molecule has 2 aliphatic rings. The van der Waals surface area contributed by atoms with Crippen molar-refractivity contribution in [1.82, 2.24) is 20.9 Å². The zero-order chi connectivity index (χ0) is 33.8. The van der Waals surface area contributed by atoms with Gasteiger partial charge in [-0.3, -0.25) is 14.4 Å². The van der Waals surface area contributed by atoms with E-state index in [0.717, 1.165) is 57.2 Å². The molecule has 3 amide bonds. The van der Waals surface area contributed by atoms with Crippen molar-refractivity contribution in [3.8, 4) is 0 Å². The van der Waals surface area contributed by atoms with Gasteiger partial charge in [0.05, 0.1) is 12.1 Å². The molecule has 0 spiro atoms. The highest BCUT2D eigenvalue weighted by Gasteiger charge is 2.40. The van der Waals surface area contributed by atoms with Crippen molar-refractivity contribution in [2.24, 2.45) is 11.8 Å². The van der Waals surface area contributed by atoms with Gasteiger partial charge in [0.1, 0.15) is 11.9 Å². The van der Waals surface area contributed by atoms with Crippen molar-refractivity contribution in [1.29, 1.82) is 0 Å². The molecule has 8 nitrogen and oxygen atoms in total. The molecule has 3 rings (SSSR count). The van der Waals surface area contributed by atoms with Gasteiger partial charge in [0, 0.05) is 20.1 Å². The molecule has 2 saturated carbocycles. The van der Waals surface area contributed by atoms with E-state index in [0.29, 0.717) is 18.4 Å². The number of halogens is 1. The third-order valence-electron chi connectivity index (χ3n) is 8.06. The van der Waals surface area contributed by atoms with Gasteiger partial charge in [0.2, 0.25) is 18.2 Å². The van der Waals surface area contributed by atoms with Crippen molar-refractivity contribution in [3.63, 3.8) is 0 Å². The topological polar surface area (TPSA) is 111 Å². The first-order valence-corrected chi connectivity index (χ1v) is 16.4. The molecule has 1 aromatic carbocycles. The summed E-state index contributed by atoms with van der Waals surface area (Å²) in [7, 11) is 1.60. The van der Waals surface area contributed by atoms with Gasteiger partial charge in [-0.2, -0.15) is 0 Å². The van der Waals surface area contributed by atoms with E-state index >= 15 is 0 Å². The molecule has 45 heavy (non-hydrogen) atoms. The van der Waals surface area contributed by atoms with E-state index in [1.165, 1.54) is 54.4 Å². The third-order valence-corrected chi connectivity index (χ3v) is 8.06. The smallest absolute Gasteiger partial charge is 0.245 e. The monoisotopic (exact) mass is 628 g/mol. The van der Waals surface area contributed by atoms with Gasteiger partial charge < -0.3 is 26.0 Å². The Hall–Kier alpha value is -3.30. The molecule has 4 N–H and O–H groups in total. The molecule has 252 valence electrons. The van der Waals surface area contributed by atoms with Gasteiger partial charge in [0.15, 0.2) is 0 Å². The fourth-order valence-corrected chi connectivity index (χ4v) is 5.16. The number of likely N-dealkylation sites (N-methyl/N-ethyl adjacent to an activating group) is 2. The fraction of sp³-hybridized carbons (Fsp3) is 0.583. The molecular formula is C36H57FN4O4. The number of aryl methyl sites for hydroxylation is 1. The van der Waals surface area contributed by atoms with Gasteiger partial charge in [-0.15, -0.1) is 0 Å². The standard InChI is InChI=1S/C15H29N3O3.C14H21NO.C7H7F/c1-5-9-17-12(11-7-8-11)15(21)18(4)13(10(3)19)14(20)16-6-2;1-3-12(9-6-10-15-11-16)14(4-2)13-7-5-8-13;1-6-2-4-7(8)5-3-6/h10-13,17,19H,5-9H2,1-4H3,(H,16,20);3-4,11,13H,1-2,5-10H2,(H,15,16);2-5H,1H3/b;14-12-;. The van der Waals surface area contributed by atoms with E-state index < -0.39 is 12.1 Å². The Morgan fingerprint density at radius 3 is 2.16 bits per heavy atom. The summed E-state index contributed by atoms with van der Waals surface area (Å²) in [6.07, 6.45) is 12.6. The molecule has 0 aromatic heterocycles. The highest BCUT2D eigenvalue weighted by molar-refractivity contribution is 5.90. The number of amides is 3. The number of nitrogens with one attached hydrogen (secondary N) is 3. The van der Waals surface area contributed by atoms with Crippen LogP contribution in [0.5, 0.6) is 0 Å². The highest BCUT2D eigenvalue weighted by Crippen LogP contribution is 2.36. The third kappa shape index (κ3) is 14.6. The van der Waals surface area contributed by atoms with Crippen LogP contribution in [0.1, 0.15) is 77.7 Å². The van der Waals surface area contributed by atoms with Gasteiger partial charge in [-0.25, -0.2) is 4.39 Å². The number of rotatable bonds is 17. The maximum absolute atomic E-state index is 12.7. The van der Waals surface area contributed by atoms with Crippen LogP contribution in [-0.4, -0.2) is 73.1 Å². The van der Waals surface area contributed by atoms with Crippen LogP contribution < -0.4 is 16.0 Å². The van der Waals surface area contributed by atoms with E-state index in [9.17, 15) is 23.9 Å². The largest absolute Gasteiger partial charge is 0.391 e. The van der Waals surface area contributed by atoms with Crippen LogP contribution in [0.2, 0.25) is 0 Å². The number of hydrogen-bond acceptors (Lipinski definition) is 5. The molecular weight excluding hydrogens is 571 g/mol. The van der Waals surface area contributed by atoms with Crippen molar-refractivity contribution < 1.29 is 23.9 Å². The Labute approximate surface area is 270 Å². The number of hydrogen-bond donors (Lipinski definition) is 4. The first kappa shape index (κ1) is 39.7. The Morgan fingerprint density at radius 1 is 1.09 bits per heavy atom. The van der Waals surface area contributed by atoms with Crippen LogP contribution in [0.4, 0.5) is 4.39 Å². The van der Waals surface area contributed by atoms with E-state index in [-0.39, 0.29) is 23.7 Å². The van der Waals surface area contributed by atoms with E-state index in [4.69, 9.17) is 0 Å². The average Bonchev–Trinajstić information content (AvgIpc) is 3.83. The SMILES string of the molecule is C=C/C(CCCNC=O)=C(\C=C)C1CCC1.CCCNC(C(=O)N(C)C(C(=O)NCC)C(C)O)C1CC1.Cc1ccc(F)cc1. The van der Waals surface area contributed by atoms with Crippen molar-refractivity contribution in [2.75, 3.05) is 26.7 Å². The summed E-state index contributed by atoms with van der Waals surface area (Å²) in [5, 5.41) is 18.5. The van der Waals surface area contributed by atoms with Crippen LogP contribution in [0.3, 0.4) is 0 Å². The molecule has 1 aromatic rings. The van der Waals surface area contributed by atoms with Gasteiger partial charge in [0.25, 0.3) is 0 Å². The summed E-state index contributed by atoms with van der Waals surface area (Å²) in [4.78, 5) is 36.2. The maximum atomic E-state index is 12.7. The summed E-state index contributed by atoms with van der Waals surface area (Å²) in [5.41, 5.74) is 3.76. The second-order valence-electron chi connectivity index (χ2n) is 11.8. The number of carbonyl (C=O) groups is 3. The van der Waals surface area contributed by atoms with Crippen LogP contribution in [0.15, 0.2) is 60.7 Å². The van der Waals surface area contributed by atoms with Gasteiger partial charge in [-0.05, 0) is 107 Å². The first-order valence-electron chi connectivity index (χ1n) is 16.4. The lowest BCUT2D eigenvalue weighted by molar-refractivity contribution is -0.144. The lowest BCUT2D eigenvalue weighted by atomic mass is 9.77. The normalized spacial score (nSPS) is 16.4. The minimum Gasteiger partial charge on any atom is -0.391 e. The molecule has 3 atom stereocenters. The number of allylic oxidation sites excluding steroid dienone is 4. The molecule has 9 heteroatoms. The molecule has 0 aliphatic heterocycles. The molecule has 0 saturated heterocycles. The molecule has 2 aliphatic carbocycles. The summed E-state index contributed by atoms with van der Waals surface area (Å²) in [5.74, 6) is 0.465. The number of aliphatic hydroxyl groups excluding tert-OH is 1. The van der Waals surface area contributed by atoms with Crippen molar-refractivity contribution >= 4 is 18.2 Å². The van der Waals surface area contributed by atoms with Gasteiger partial charge in [-0.1, -0.05) is 56.4 Å². The predicted molar refractivity (Wildman–Crippen MR) is 181 cm³/mol. The second kappa shape index (κ2) is 22.2. The zero-order valence-electron chi connectivity index (χ0n) is 28.1. The minimum absolute atomic E-state index is 0.108. The molecule has 0 radical (unpaired) electrons. The summed E-state index contributed by atoms with van der Waals surface area (Å²) in [6.45, 7) is 17.1. The van der Waals surface area contributed by atoms with Crippen LogP contribution in [0, 0.1) is 24.6 Å². The lowest BCUT2D eigenvalue weighted by Crippen LogP contribution is -2.57. The number of aliphatic hydroxyl groups is 1. The van der Waals surface area contributed by atoms with Crippen LogP contribution in [-0.2, 0) is 14.4 Å². The van der Waals surface area contributed by atoms with E-state index in [1.54, 1.807) is 19.2 Å². The van der Waals surface area contributed by atoms with Crippen molar-refractivity contribution in [2.45, 2.75) is 97.2 Å². The van der Waals surface area contributed by atoms with E-state index in [1.807, 2.05) is 26.0 Å². The number of carbonyl (C=O) groups excluding carboxylic acids is 3. The summed E-state index contributed by atoms with van der Waals surface area (Å²) >= 11 is 0. The number of nitrogens with zero attached hydrogens (tertiary/aromatic N) is 1.